The molecule has 2 aromatic rings. The Labute approximate surface area is 128 Å². The van der Waals surface area contributed by atoms with Crippen LogP contribution in [0.5, 0.6) is 5.75 Å². The molecule has 7 heteroatoms. The van der Waals surface area contributed by atoms with Crippen molar-refractivity contribution >= 4 is 27.1 Å². The van der Waals surface area contributed by atoms with E-state index in [2.05, 4.69) is 10.3 Å². The van der Waals surface area contributed by atoms with Gasteiger partial charge in [0.05, 0.1) is 15.6 Å². The van der Waals surface area contributed by atoms with Gasteiger partial charge in [0.15, 0.2) is 9.84 Å². The summed E-state index contributed by atoms with van der Waals surface area (Å²) in [4.78, 5) is 4.17. The molecule has 1 aromatic carbocycles. The van der Waals surface area contributed by atoms with Gasteiger partial charge in [0, 0.05) is 25.2 Å². The molecule has 0 spiro atoms. The summed E-state index contributed by atoms with van der Waals surface area (Å²) in [5, 5.41) is 3.68. The average molecular weight is 327 g/mol. The first-order chi connectivity index (χ1) is 9.97. The predicted octanol–water partition coefficient (Wildman–Crippen LogP) is 2.63. The van der Waals surface area contributed by atoms with Gasteiger partial charge in [0.1, 0.15) is 12.4 Å². The molecule has 112 valence electrons. The number of sulfone groups is 1. The largest absolute Gasteiger partial charge is 0.492 e. The second-order valence-electron chi connectivity index (χ2n) is 4.37. The first kappa shape index (κ1) is 15.6. The molecule has 2 rings (SSSR count). The maximum Gasteiger partial charge on any atom is 0.175 e. The summed E-state index contributed by atoms with van der Waals surface area (Å²) in [7, 11) is -3.17. The molecule has 1 heterocycles. The minimum absolute atomic E-state index is 0.275. The molecule has 0 fully saturated rings. The summed E-state index contributed by atoms with van der Waals surface area (Å²) in [6, 6.07) is 8.10. The summed E-state index contributed by atoms with van der Waals surface area (Å²) in [6.07, 6.45) is 4.39. The lowest BCUT2D eigenvalue weighted by atomic mass is 10.3. The molecule has 0 aliphatic carbocycles. The zero-order chi connectivity index (χ0) is 15.3. The molecule has 0 bridgehead atoms. The summed E-state index contributed by atoms with van der Waals surface area (Å²) >= 11 is 5.96. The smallest absolute Gasteiger partial charge is 0.175 e. The Morgan fingerprint density at radius 2 is 1.95 bits per heavy atom. The highest BCUT2D eigenvalue weighted by Gasteiger charge is 2.06. The van der Waals surface area contributed by atoms with E-state index in [1.807, 2.05) is 0 Å². The van der Waals surface area contributed by atoms with E-state index < -0.39 is 9.84 Å². The number of rotatable bonds is 6. The van der Waals surface area contributed by atoms with Crippen molar-refractivity contribution in [2.75, 3.05) is 24.7 Å². The maximum absolute atomic E-state index is 11.3. The lowest BCUT2D eigenvalue weighted by molar-refractivity contribution is 0.332. The number of benzene rings is 1. The summed E-state index contributed by atoms with van der Waals surface area (Å²) in [6.45, 7) is 0.994. The van der Waals surface area contributed by atoms with E-state index in [0.717, 1.165) is 5.69 Å². The minimum Gasteiger partial charge on any atom is -0.492 e. The Balaban J connectivity index is 1.83. The standard InChI is InChI=1S/C14H15ClN2O3S/c1-21(18,19)12-4-2-11(3-5-12)20-9-8-17-14-6-7-16-10-13(14)15/h2-7,10H,8-9H2,1H3,(H,16,17). The van der Waals surface area contributed by atoms with Crippen LogP contribution in [0.2, 0.25) is 5.02 Å². The highest BCUT2D eigenvalue weighted by Crippen LogP contribution is 2.19. The molecule has 1 N–H and O–H groups in total. The predicted molar refractivity (Wildman–Crippen MR) is 82.8 cm³/mol. The normalized spacial score (nSPS) is 11.1. The summed E-state index contributed by atoms with van der Waals surface area (Å²) < 4.78 is 28.2. The van der Waals surface area contributed by atoms with Gasteiger partial charge < -0.3 is 10.1 Å². The second-order valence-corrected chi connectivity index (χ2v) is 6.80. The Kier molecular flexibility index (Phi) is 5.03. The van der Waals surface area contributed by atoms with E-state index in [1.165, 1.54) is 18.4 Å². The second kappa shape index (κ2) is 6.78. The Bertz CT molecular complexity index is 702. The maximum atomic E-state index is 11.3. The lowest BCUT2D eigenvalue weighted by Gasteiger charge is -2.09. The van der Waals surface area contributed by atoms with Crippen LogP contribution in [0.15, 0.2) is 47.6 Å². The number of hydrogen-bond donors (Lipinski definition) is 1. The van der Waals surface area contributed by atoms with Crippen LogP contribution < -0.4 is 10.1 Å². The van der Waals surface area contributed by atoms with Crippen molar-refractivity contribution in [2.45, 2.75) is 4.90 Å². The third-order valence-corrected chi connectivity index (χ3v) is 4.14. The van der Waals surface area contributed by atoms with Gasteiger partial charge in [-0.3, -0.25) is 4.98 Å². The van der Waals surface area contributed by atoms with Crippen molar-refractivity contribution in [1.29, 1.82) is 0 Å². The number of nitrogens with one attached hydrogen (secondary N) is 1. The fourth-order valence-electron chi connectivity index (χ4n) is 1.66. The van der Waals surface area contributed by atoms with E-state index >= 15 is 0 Å². The lowest BCUT2D eigenvalue weighted by Crippen LogP contribution is -2.11. The molecule has 0 radical (unpaired) electrons. The number of halogens is 1. The average Bonchev–Trinajstić information content (AvgIpc) is 2.45. The van der Waals surface area contributed by atoms with Crippen LogP contribution in [0.4, 0.5) is 5.69 Å². The summed E-state index contributed by atoms with van der Waals surface area (Å²) in [5.74, 6) is 0.616. The van der Waals surface area contributed by atoms with Gasteiger partial charge in [0.25, 0.3) is 0 Å². The van der Waals surface area contributed by atoms with E-state index in [9.17, 15) is 8.42 Å². The Morgan fingerprint density at radius 3 is 2.57 bits per heavy atom. The van der Waals surface area contributed by atoms with Gasteiger partial charge in [-0.2, -0.15) is 0 Å². The van der Waals surface area contributed by atoms with Crippen molar-refractivity contribution in [3.63, 3.8) is 0 Å². The molecular weight excluding hydrogens is 312 g/mol. The van der Waals surface area contributed by atoms with E-state index in [0.29, 0.717) is 23.9 Å². The van der Waals surface area contributed by atoms with Gasteiger partial charge in [0.2, 0.25) is 0 Å². The molecule has 0 saturated heterocycles. The van der Waals surface area contributed by atoms with Gasteiger partial charge >= 0.3 is 0 Å². The molecule has 0 unspecified atom stereocenters. The van der Waals surface area contributed by atoms with Gasteiger partial charge in [-0.05, 0) is 30.3 Å². The van der Waals surface area contributed by atoms with Gasteiger partial charge in [-0.25, -0.2) is 8.42 Å². The van der Waals surface area contributed by atoms with Crippen LogP contribution in [-0.2, 0) is 9.84 Å². The molecule has 0 atom stereocenters. The fraction of sp³-hybridized carbons (Fsp3) is 0.214. The number of hydrogen-bond acceptors (Lipinski definition) is 5. The van der Waals surface area contributed by atoms with Crippen molar-refractivity contribution < 1.29 is 13.2 Å². The highest BCUT2D eigenvalue weighted by atomic mass is 35.5. The van der Waals surface area contributed by atoms with Crippen LogP contribution in [0.3, 0.4) is 0 Å². The Morgan fingerprint density at radius 1 is 1.24 bits per heavy atom. The van der Waals surface area contributed by atoms with E-state index in [1.54, 1.807) is 30.6 Å². The van der Waals surface area contributed by atoms with Crippen molar-refractivity contribution in [3.8, 4) is 5.75 Å². The topological polar surface area (TPSA) is 68.3 Å². The molecule has 1 aromatic heterocycles. The zero-order valence-corrected chi connectivity index (χ0v) is 13.0. The first-order valence-electron chi connectivity index (χ1n) is 6.23. The molecule has 21 heavy (non-hydrogen) atoms. The number of nitrogens with zero attached hydrogens (tertiary/aromatic N) is 1. The third-order valence-electron chi connectivity index (χ3n) is 2.71. The number of anilines is 1. The summed E-state index contributed by atoms with van der Waals surface area (Å²) in [5.41, 5.74) is 0.794. The van der Waals surface area contributed by atoms with Crippen LogP contribution in [0, 0.1) is 0 Å². The van der Waals surface area contributed by atoms with Gasteiger partial charge in [-0.1, -0.05) is 11.6 Å². The number of pyridine rings is 1. The highest BCUT2D eigenvalue weighted by molar-refractivity contribution is 7.90. The minimum atomic E-state index is -3.17. The fourth-order valence-corrected chi connectivity index (χ4v) is 2.47. The molecule has 0 aliphatic heterocycles. The molecule has 5 nitrogen and oxygen atoms in total. The van der Waals surface area contributed by atoms with E-state index in [-0.39, 0.29) is 4.90 Å². The van der Waals surface area contributed by atoms with Crippen LogP contribution in [0.25, 0.3) is 0 Å². The number of aromatic nitrogens is 1. The van der Waals surface area contributed by atoms with Crippen molar-refractivity contribution in [2.24, 2.45) is 0 Å². The monoisotopic (exact) mass is 326 g/mol. The van der Waals surface area contributed by atoms with Crippen LogP contribution in [-0.4, -0.2) is 32.8 Å². The van der Waals surface area contributed by atoms with Crippen molar-refractivity contribution in [1.82, 2.24) is 4.98 Å². The molecule has 0 saturated carbocycles. The zero-order valence-electron chi connectivity index (χ0n) is 11.4. The van der Waals surface area contributed by atoms with Crippen LogP contribution in [0.1, 0.15) is 0 Å². The first-order valence-corrected chi connectivity index (χ1v) is 8.50. The number of ether oxygens (including phenoxy) is 1. The Hall–Kier alpha value is -1.79. The van der Waals surface area contributed by atoms with Crippen LogP contribution >= 0.6 is 11.6 Å². The third kappa shape index (κ3) is 4.61. The quantitative estimate of drug-likeness (QED) is 0.826. The van der Waals surface area contributed by atoms with Crippen molar-refractivity contribution in [3.05, 3.63) is 47.7 Å². The van der Waals surface area contributed by atoms with E-state index in [4.69, 9.17) is 16.3 Å². The molecular formula is C14H15ClN2O3S. The SMILES string of the molecule is CS(=O)(=O)c1ccc(OCCNc2ccncc2Cl)cc1. The molecule has 0 aliphatic rings. The molecule has 0 amide bonds. The van der Waals surface area contributed by atoms with Gasteiger partial charge in [-0.15, -0.1) is 0 Å².